The van der Waals surface area contributed by atoms with E-state index >= 15 is 0 Å². The van der Waals surface area contributed by atoms with E-state index in [1.807, 2.05) is 55.1 Å². The molecule has 0 radical (unpaired) electrons. The Hall–Kier alpha value is -2.99. The number of halogens is 2. The Balaban J connectivity index is 1.53. The number of carbonyl (C=O) groups excluding carboxylic acids is 1. The number of rotatable bonds is 5. The molecule has 0 spiro atoms. The van der Waals surface area contributed by atoms with Crippen molar-refractivity contribution in [3.8, 4) is 0 Å². The van der Waals surface area contributed by atoms with Gasteiger partial charge in [-0.05, 0) is 43.5 Å². The summed E-state index contributed by atoms with van der Waals surface area (Å²) >= 11 is 6.51. The molecule has 172 valence electrons. The van der Waals surface area contributed by atoms with Crippen molar-refractivity contribution < 1.29 is 9.18 Å². The molecule has 5 nitrogen and oxygen atoms in total. The number of hydrogen-bond donors (Lipinski definition) is 0. The molecule has 1 saturated heterocycles. The average Bonchev–Trinajstić information content (AvgIpc) is 3.06. The Kier molecular flexibility index (Phi) is 7.23. The Morgan fingerprint density at radius 3 is 2.58 bits per heavy atom. The van der Waals surface area contributed by atoms with Gasteiger partial charge in [-0.1, -0.05) is 42.5 Å². The Morgan fingerprint density at radius 2 is 1.82 bits per heavy atom. The number of alkyl halides is 1. The van der Waals surface area contributed by atoms with Crippen molar-refractivity contribution in [2.75, 3.05) is 31.1 Å². The molecule has 0 saturated carbocycles. The minimum absolute atomic E-state index is 0.0697. The predicted octanol–water partition coefficient (Wildman–Crippen LogP) is 4.84. The fraction of sp³-hybridized carbons (Fsp3) is 0.346. The maximum atomic E-state index is 13.8. The van der Waals surface area contributed by atoms with E-state index in [-0.39, 0.29) is 11.7 Å². The average molecular weight is 467 g/mol. The maximum absolute atomic E-state index is 13.8. The third-order valence-corrected chi connectivity index (χ3v) is 6.43. The summed E-state index contributed by atoms with van der Waals surface area (Å²) in [5.41, 5.74) is 3.57. The Labute approximate surface area is 199 Å². The van der Waals surface area contributed by atoms with Crippen molar-refractivity contribution >= 4 is 23.3 Å². The molecule has 1 aromatic heterocycles. The molecule has 1 atom stereocenters. The quantitative estimate of drug-likeness (QED) is 0.505. The van der Waals surface area contributed by atoms with E-state index in [1.54, 1.807) is 12.1 Å². The first kappa shape index (κ1) is 23.2. The van der Waals surface area contributed by atoms with Crippen LogP contribution >= 0.6 is 11.6 Å². The highest BCUT2D eigenvalue weighted by atomic mass is 35.5. The third kappa shape index (κ3) is 5.50. The van der Waals surface area contributed by atoms with Gasteiger partial charge in [-0.25, -0.2) is 14.4 Å². The van der Waals surface area contributed by atoms with E-state index in [9.17, 15) is 9.18 Å². The lowest BCUT2D eigenvalue weighted by atomic mass is 10.0. The lowest BCUT2D eigenvalue weighted by Crippen LogP contribution is -2.37. The minimum Gasteiger partial charge on any atom is -0.354 e. The summed E-state index contributed by atoms with van der Waals surface area (Å²) < 4.78 is 13.8. The molecule has 0 aliphatic carbocycles. The molecular formula is C26H28ClFN4O. The molecule has 33 heavy (non-hydrogen) atoms. The third-order valence-electron chi connectivity index (χ3n) is 5.99. The van der Waals surface area contributed by atoms with Crippen molar-refractivity contribution in [3.63, 3.8) is 0 Å². The monoisotopic (exact) mass is 466 g/mol. The van der Waals surface area contributed by atoms with Gasteiger partial charge in [0.05, 0.1) is 0 Å². The predicted molar refractivity (Wildman–Crippen MR) is 129 cm³/mol. The van der Waals surface area contributed by atoms with Crippen molar-refractivity contribution in [1.82, 2.24) is 14.9 Å². The fourth-order valence-corrected chi connectivity index (χ4v) is 4.60. The number of carbonyl (C=O) groups is 1. The van der Waals surface area contributed by atoms with E-state index < -0.39 is 5.38 Å². The van der Waals surface area contributed by atoms with Gasteiger partial charge in [0.15, 0.2) is 0 Å². The van der Waals surface area contributed by atoms with Gasteiger partial charge in [0.2, 0.25) is 5.91 Å². The van der Waals surface area contributed by atoms with Crippen LogP contribution < -0.4 is 4.90 Å². The van der Waals surface area contributed by atoms with Gasteiger partial charge in [-0.2, -0.15) is 0 Å². The van der Waals surface area contributed by atoms with Crippen LogP contribution in [-0.2, 0) is 11.2 Å². The van der Waals surface area contributed by atoms with Crippen LogP contribution in [0.4, 0.5) is 10.2 Å². The first-order chi connectivity index (χ1) is 15.9. The van der Waals surface area contributed by atoms with Gasteiger partial charge in [0.25, 0.3) is 0 Å². The number of aromatic nitrogens is 2. The fourth-order valence-electron chi connectivity index (χ4n) is 4.31. The summed E-state index contributed by atoms with van der Waals surface area (Å²) in [6.07, 6.45) is 1.36. The van der Waals surface area contributed by atoms with Gasteiger partial charge in [0, 0.05) is 43.9 Å². The molecule has 1 aliphatic rings. The first-order valence-corrected chi connectivity index (χ1v) is 11.7. The number of anilines is 1. The SMILES string of the molecule is Cc1nc(C)c(Cc2cccc(F)c2)c(N2CCCN(C(=O)C(Cl)c3ccccc3)CC2)n1. The number of aryl methyl sites for hydroxylation is 2. The molecule has 7 heteroatoms. The van der Waals surface area contributed by atoms with Crippen molar-refractivity contribution in [3.05, 3.63) is 88.6 Å². The van der Waals surface area contributed by atoms with Crippen LogP contribution in [0.15, 0.2) is 54.6 Å². The summed E-state index contributed by atoms with van der Waals surface area (Å²) in [6.45, 7) is 6.49. The second-order valence-electron chi connectivity index (χ2n) is 8.40. The zero-order valence-corrected chi connectivity index (χ0v) is 19.7. The molecule has 2 heterocycles. The van der Waals surface area contributed by atoms with Crippen molar-refractivity contribution in [2.45, 2.75) is 32.1 Å². The van der Waals surface area contributed by atoms with Gasteiger partial charge < -0.3 is 9.80 Å². The highest BCUT2D eigenvalue weighted by Gasteiger charge is 2.27. The normalized spacial score (nSPS) is 15.3. The molecule has 1 aliphatic heterocycles. The molecule has 2 aromatic carbocycles. The maximum Gasteiger partial charge on any atom is 0.245 e. The van der Waals surface area contributed by atoms with Crippen LogP contribution in [0.1, 0.15) is 40.0 Å². The number of nitrogens with zero attached hydrogens (tertiary/aromatic N) is 4. The zero-order valence-electron chi connectivity index (χ0n) is 19.0. The second kappa shape index (κ2) is 10.3. The van der Waals surface area contributed by atoms with Gasteiger partial charge in [0.1, 0.15) is 22.8 Å². The van der Waals surface area contributed by atoms with E-state index in [4.69, 9.17) is 16.6 Å². The van der Waals surface area contributed by atoms with Crippen molar-refractivity contribution in [2.24, 2.45) is 0 Å². The lowest BCUT2D eigenvalue weighted by Gasteiger charge is -2.26. The smallest absolute Gasteiger partial charge is 0.245 e. The Morgan fingerprint density at radius 1 is 1.03 bits per heavy atom. The van der Waals surface area contributed by atoms with Crippen LogP contribution in [0.25, 0.3) is 0 Å². The van der Waals surface area contributed by atoms with Crippen LogP contribution in [-0.4, -0.2) is 47.0 Å². The van der Waals surface area contributed by atoms with Crippen LogP contribution in [0, 0.1) is 19.7 Å². The van der Waals surface area contributed by atoms with E-state index in [0.29, 0.717) is 31.9 Å². The van der Waals surface area contributed by atoms with Gasteiger partial charge in [-0.3, -0.25) is 4.79 Å². The molecule has 3 aromatic rings. The zero-order chi connectivity index (χ0) is 23.4. The van der Waals surface area contributed by atoms with Gasteiger partial charge >= 0.3 is 0 Å². The van der Waals surface area contributed by atoms with Crippen LogP contribution in [0.2, 0.25) is 0 Å². The summed E-state index contributed by atoms with van der Waals surface area (Å²) in [6, 6.07) is 16.1. The van der Waals surface area contributed by atoms with E-state index in [0.717, 1.165) is 41.2 Å². The topological polar surface area (TPSA) is 49.3 Å². The number of amides is 1. The summed E-state index contributed by atoms with van der Waals surface area (Å²) in [5, 5.41) is -0.690. The van der Waals surface area contributed by atoms with Crippen LogP contribution in [0.3, 0.4) is 0 Å². The van der Waals surface area contributed by atoms with E-state index in [2.05, 4.69) is 9.88 Å². The highest BCUT2D eigenvalue weighted by molar-refractivity contribution is 6.30. The molecular weight excluding hydrogens is 439 g/mol. The number of benzene rings is 2. The summed E-state index contributed by atoms with van der Waals surface area (Å²) in [4.78, 5) is 26.4. The molecule has 1 fully saturated rings. The second-order valence-corrected chi connectivity index (χ2v) is 8.84. The van der Waals surface area contributed by atoms with Crippen molar-refractivity contribution in [1.29, 1.82) is 0 Å². The lowest BCUT2D eigenvalue weighted by molar-refractivity contribution is -0.130. The molecule has 4 rings (SSSR count). The largest absolute Gasteiger partial charge is 0.354 e. The first-order valence-electron chi connectivity index (χ1n) is 11.2. The Bertz CT molecular complexity index is 1120. The summed E-state index contributed by atoms with van der Waals surface area (Å²) in [7, 11) is 0. The number of hydrogen-bond acceptors (Lipinski definition) is 4. The highest BCUT2D eigenvalue weighted by Crippen LogP contribution is 2.27. The molecule has 1 amide bonds. The van der Waals surface area contributed by atoms with E-state index in [1.165, 1.54) is 6.07 Å². The minimum atomic E-state index is -0.690. The van der Waals surface area contributed by atoms with Gasteiger partial charge in [-0.15, -0.1) is 11.6 Å². The molecule has 0 N–H and O–H groups in total. The molecule has 0 bridgehead atoms. The van der Waals surface area contributed by atoms with Crippen LogP contribution in [0.5, 0.6) is 0 Å². The standard InChI is InChI=1S/C26H28ClFN4O/c1-18-23(17-20-8-6-11-22(28)16-20)25(30-19(2)29-18)31-12-7-13-32(15-14-31)26(33)24(27)21-9-4-3-5-10-21/h3-6,8-11,16,24H,7,12-15,17H2,1-2H3. The molecule has 1 unspecified atom stereocenters. The summed E-state index contributed by atoms with van der Waals surface area (Å²) in [5.74, 6) is 1.24.